The van der Waals surface area contributed by atoms with E-state index in [1.807, 2.05) is 0 Å². The number of ketones is 2. The number of esters is 4. The molecule has 4 aromatic rings. The first-order valence-corrected chi connectivity index (χ1v) is 17.4. The maximum absolute atomic E-state index is 13.7. The van der Waals surface area contributed by atoms with E-state index in [1.54, 1.807) is 97.1 Å². The van der Waals surface area contributed by atoms with Gasteiger partial charge in [-0.2, -0.15) is 0 Å². The molecular formula is C42H41NO11. The van der Waals surface area contributed by atoms with Crippen LogP contribution in [0.3, 0.4) is 0 Å². The molecule has 2 N–H and O–H groups in total. The van der Waals surface area contributed by atoms with Gasteiger partial charge in [-0.05, 0) is 24.3 Å². The standard InChI is InChI=1S/C42H41NO11/c1-27(44)51-26-42(50)25-34(43-33(23-35(46)29-15-7-3-8-16-29)24-36(47)30-17-9-4-10-18-30)37(53-40(48)31-19-11-5-12-20-31)38(39(42)52-28(2)45)54-41(49)32-21-13-6-14-22-32/h3-22,33-34,37-39,43,50H,23-26H2,1-2H3. The number of carbonyl (C=O) groups is 6. The highest BCUT2D eigenvalue weighted by Crippen LogP contribution is 2.37. The molecule has 12 heteroatoms. The zero-order valence-electron chi connectivity index (χ0n) is 29.8. The van der Waals surface area contributed by atoms with Crippen molar-refractivity contribution in [3.8, 4) is 0 Å². The molecule has 0 saturated heterocycles. The Bertz CT molecular complexity index is 1870. The highest BCUT2D eigenvalue weighted by Gasteiger charge is 2.59. The summed E-state index contributed by atoms with van der Waals surface area (Å²) in [6.07, 6.45) is -5.74. The summed E-state index contributed by atoms with van der Waals surface area (Å²) in [7, 11) is 0. The van der Waals surface area contributed by atoms with Crippen molar-refractivity contribution in [2.24, 2.45) is 0 Å². The van der Waals surface area contributed by atoms with Crippen molar-refractivity contribution in [1.82, 2.24) is 5.32 Å². The van der Waals surface area contributed by atoms with Gasteiger partial charge in [0, 0.05) is 50.3 Å². The smallest absolute Gasteiger partial charge is 0.338 e. The minimum atomic E-state index is -2.23. The summed E-state index contributed by atoms with van der Waals surface area (Å²) in [6.45, 7) is 1.49. The molecule has 5 unspecified atom stereocenters. The van der Waals surface area contributed by atoms with Gasteiger partial charge in [-0.25, -0.2) is 9.59 Å². The van der Waals surface area contributed by atoms with Crippen LogP contribution in [0.4, 0.5) is 0 Å². The summed E-state index contributed by atoms with van der Waals surface area (Å²) in [5.41, 5.74) is -1.20. The predicted octanol–water partition coefficient (Wildman–Crippen LogP) is 4.94. The molecule has 1 aliphatic rings. The Balaban J connectivity index is 1.60. The van der Waals surface area contributed by atoms with Gasteiger partial charge in [0.05, 0.1) is 17.2 Å². The highest BCUT2D eigenvalue weighted by atomic mass is 16.6. The van der Waals surface area contributed by atoms with Crippen molar-refractivity contribution in [2.45, 2.75) is 69.1 Å². The fraction of sp³-hybridized carbons (Fsp3) is 0.286. The molecular weight excluding hydrogens is 694 g/mol. The van der Waals surface area contributed by atoms with E-state index in [2.05, 4.69) is 5.32 Å². The highest BCUT2D eigenvalue weighted by molar-refractivity contribution is 5.99. The SMILES string of the molecule is CC(=O)OCC1(O)CC(NC(CC(=O)c2ccccc2)CC(=O)c2ccccc2)C(OC(=O)c2ccccc2)C(OC(=O)c2ccccc2)C1OC(C)=O. The van der Waals surface area contributed by atoms with E-state index >= 15 is 0 Å². The normalized spacial score (nSPS) is 20.7. The van der Waals surface area contributed by atoms with Gasteiger partial charge in [0.15, 0.2) is 29.9 Å². The lowest BCUT2D eigenvalue weighted by atomic mass is 9.75. The molecule has 5 atom stereocenters. The first-order chi connectivity index (χ1) is 25.9. The zero-order chi connectivity index (χ0) is 38.7. The van der Waals surface area contributed by atoms with Gasteiger partial charge in [0.25, 0.3) is 0 Å². The maximum atomic E-state index is 13.7. The van der Waals surface area contributed by atoms with Crippen LogP contribution in [0, 0.1) is 0 Å². The second kappa shape index (κ2) is 18.2. The number of aliphatic hydroxyl groups is 1. The monoisotopic (exact) mass is 735 g/mol. The molecule has 4 aromatic carbocycles. The van der Waals surface area contributed by atoms with Crippen LogP contribution < -0.4 is 5.32 Å². The molecule has 0 radical (unpaired) electrons. The van der Waals surface area contributed by atoms with Crippen molar-refractivity contribution < 1.29 is 52.8 Å². The molecule has 0 amide bonds. The molecule has 0 aliphatic heterocycles. The molecule has 1 aliphatic carbocycles. The number of Topliss-reactive ketones (excluding diaryl/α,β-unsaturated/α-hetero) is 2. The molecule has 1 fully saturated rings. The van der Waals surface area contributed by atoms with E-state index in [0.29, 0.717) is 11.1 Å². The maximum Gasteiger partial charge on any atom is 0.338 e. The lowest BCUT2D eigenvalue weighted by Crippen LogP contribution is -2.70. The molecule has 5 rings (SSSR count). The number of hydrogen-bond acceptors (Lipinski definition) is 12. The first-order valence-electron chi connectivity index (χ1n) is 17.4. The van der Waals surface area contributed by atoms with Gasteiger partial charge in [-0.1, -0.05) is 97.1 Å². The Kier molecular flexibility index (Phi) is 13.2. The van der Waals surface area contributed by atoms with Crippen LogP contribution in [0.2, 0.25) is 0 Å². The first kappa shape index (κ1) is 39.2. The summed E-state index contributed by atoms with van der Waals surface area (Å²) in [6, 6.07) is 30.7. The van der Waals surface area contributed by atoms with E-state index in [0.717, 1.165) is 13.8 Å². The predicted molar refractivity (Wildman–Crippen MR) is 195 cm³/mol. The Morgan fingerprint density at radius 2 is 1.02 bits per heavy atom. The Morgan fingerprint density at radius 1 is 0.611 bits per heavy atom. The number of benzene rings is 4. The van der Waals surface area contributed by atoms with E-state index < -0.39 is 72.9 Å². The Labute approximate surface area is 312 Å². The van der Waals surface area contributed by atoms with Crippen LogP contribution in [-0.2, 0) is 28.5 Å². The number of nitrogens with one attached hydrogen (secondary N) is 1. The lowest BCUT2D eigenvalue weighted by Gasteiger charge is -2.49. The van der Waals surface area contributed by atoms with Gasteiger partial charge < -0.3 is 29.4 Å². The quantitative estimate of drug-likeness (QED) is 0.0959. The lowest BCUT2D eigenvalue weighted by molar-refractivity contribution is -0.226. The molecule has 0 aromatic heterocycles. The number of hydrogen-bond donors (Lipinski definition) is 2. The van der Waals surface area contributed by atoms with Crippen molar-refractivity contribution >= 4 is 35.4 Å². The summed E-state index contributed by atoms with van der Waals surface area (Å²) in [5.74, 6) is -3.97. The van der Waals surface area contributed by atoms with Crippen molar-refractivity contribution in [1.29, 1.82) is 0 Å². The van der Waals surface area contributed by atoms with Gasteiger partial charge >= 0.3 is 23.9 Å². The summed E-state index contributed by atoms with van der Waals surface area (Å²) in [4.78, 5) is 79.3. The molecule has 54 heavy (non-hydrogen) atoms. The fourth-order valence-corrected chi connectivity index (χ4v) is 6.43. The minimum absolute atomic E-state index is 0.102. The average molecular weight is 736 g/mol. The summed E-state index contributed by atoms with van der Waals surface area (Å²) < 4.78 is 23.0. The Morgan fingerprint density at radius 3 is 1.43 bits per heavy atom. The van der Waals surface area contributed by atoms with E-state index in [-0.39, 0.29) is 35.5 Å². The molecule has 0 bridgehead atoms. The largest absolute Gasteiger partial charge is 0.463 e. The van der Waals surface area contributed by atoms with Crippen molar-refractivity contribution in [3.63, 3.8) is 0 Å². The van der Waals surface area contributed by atoms with Gasteiger partial charge in [0.2, 0.25) is 0 Å². The summed E-state index contributed by atoms with van der Waals surface area (Å²) >= 11 is 0. The second-order valence-corrected chi connectivity index (χ2v) is 13.0. The minimum Gasteiger partial charge on any atom is -0.463 e. The van der Waals surface area contributed by atoms with E-state index in [4.69, 9.17) is 18.9 Å². The van der Waals surface area contributed by atoms with Crippen molar-refractivity contribution in [2.75, 3.05) is 6.61 Å². The van der Waals surface area contributed by atoms with Crippen LogP contribution in [0.5, 0.6) is 0 Å². The van der Waals surface area contributed by atoms with Gasteiger partial charge in [0.1, 0.15) is 12.2 Å². The van der Waals surface area contributed by atoms with E-state index in [1.165, 1.54) is 24.3 Å². The number of carbonyl (C=O) groups excluding carboxylic acids is 6. The van der Waals surface area contributed by atoms with Crippen LogP contribution >= 0.6 is 0 Å². The molecule has 12 nitrogen and oxygen atoms in total. The number of ether oxygens (including phenoxy) is 4. The van der Waals surface area contributed by atoms with Gasteiger partial charge in [-0.3, -0.25) is 19.2 Å². The topological polar surface area (TPSA) is 172 Å². The molecule has 0 heterocycles. The third-order valence-electron chi connectivity index (χ3n) is 8.95. The van der Waals surface area contributed by atoms with Crippen molar-refractivity contribution in [3.05, 3.63) is 144 Å². The average Bonchev–Trinajstić information content (AvgIpc) is 3.18. The third-order valence-corrected chi connectivity index (χ3v) is 8.95. The van der Waals surface area contributed by atoms with E-state index in [9.17, 15) is 33.9 Å². The summed E-state index contributed by atoms with van der Waals surface area (Å²) in [5, 5.41) is 15.6. The van der Waals surface area contributed by atoms with Crippen LogP contribution in [0.25, 0.3) is 0 Å². The van der Waals surface area contributed by atoms with Gasteiger partial charge in [-0.15, -0.1) is 0 Å². The molecule has 1 saturated carbocycles. The third kappa shape index (κ3) is 10.3. The number of rotatable bonds is 15. The Hall–Kier alpha value is -5.98. The van der Waals surface area contributed by atoms with Crippen LogP contribution in [-0.4, -0.2) is 83.2 Å². The van der Waals surface area contributed by atoms with Crippen LogP contribution in [0.15, 0.2) is 121 Å². The molecule has 0 spiro atoms. The fourth-order valence-electron chi connectivity index (χ4n) is 6.43. The molecule has 280 valence electrons. The second-order valence-electron chi connectivity index (χ2n) is 13.0. The zero-order valence-corrected chi connectivity index (χ0v) is 29.8. The van der Waals surface area contributed by atoms with Crippen LogP contribution in [0.1, 0.15) is 74.5 Å².